The first-order chi connectivity index (χ1) is 17.7. The molecule has 4 nitrogen and oxygen atoms in total. The third kappa shape index (κ3) is 5.50. The fourth-order valence-corrected chi connectivity index (χ4v) is 5.18. The average molecular weight is 477 g/mol. The molecule has 5 rings (SSSR count). The van der Waals surface area contributed by atoms with E-state index >= 15 is 0 Å². The lowest BCUT2D eigenvalue weighted by Crippen LogP contribution is -2.66. The van der Waals surface area contributed by atoms with Crippen molar-refractivity contribution in [3.63, 3.8) is 0 Å². The van der Waals surface area contributed by atoms with Crippen molar-refractivity contribution >= 4 is 6.03 Å². The van der Waals surface area contributed by atoms with Crippen LogP contribution in [0.15, 0.2) is 121 Å². The maximum atomic E-state index is 14.2. The van der Waals surface area contributed by atoms with Gasteiger partial charge in [-0.1, -0.05) is 121 Å². The normalized spacial score (nSPS) is 18.4. The van der Waals surface area contributed by atoms with Crippen LogP contribution in [-0.2, 0) is 25.9 Å². The predicted octanol–water partition coefficient (Wildman–Crippen LogP) is 5.71. The number of benzene rings is 4. The summed E-state index contributed by atoms with van der Waals surface area (Å²) in [7, 11) is 0. The van der Waals surface area contributed by atoms with Gasteiger partial charge in [0, 0.05) is 13.1 Å². The number of hydrogen-bond acceptors (Lipinski definition) is 2. The number of aliphatic hydroxyl groups excluding tert-OH is 1. The van der Waals surface area contributed by atoms with Gasteiger partial charge in [0.25, 0.3) is 0 Å². The van der Waals surface area contributed by atoms with Gasteiger partial charge in [-0.2, -0.15) is 0 Å². The molecule has 1 aliphatic rings. The summed E-state index contributed by atoms with van der Waals surface area (Å²) < 4.78 is 0. The van der Waals surface area contributed by atoms with Gasteiger partial charge in [-0.3, -0.25) is 0 Å². The van der Waals surface area contributed by atoms with E-state index in [1.54, 1.807) is 0 Å². The van der Waals surface area contributed by atoms with Crippen LogP contribution in [0.1, 0.15) is 22.3 Å². The van der Waals surface area contributed by atoms with E-state index in [4.69, 9.17) is 0 Å². The van der Waals surface area contributed by atoms with E-state index in [1.165, 1.54) is 0 Å². The van der Waals surface area contributed by atoms with Crippen molar-refractivity contribution in [2.45, 2.75) is 44.1 Å². The highest BCUT2D eigenvalue weighted by Crippen LogP contribution is 2.30. The molecule has 36 heavy (non-hydrogen) atoms. The van der Waals surface area contributed by atoms with Crippen LogP contribution in [0.2, 0.25) is 0 Å². The second-order valence-corrected chi connectivity index (χ2v) is 9.51. The molecule has 4 aromatic rings. The molecule has 4 heteroatoms. The molecule has 1 fully saturated rings. The first-order valence-electron chi connectivity index (χ1n) is 12.6. The fourth-order valence-electron chi connectivity index (χ4n) is 5.18. The molecule has 1 aliphatic heterocycles. The highest BCUT2D eigenvalue weighted by Gasteiger charge is 2.45. The van der Waals surface area contributed by atoms with E-state index < -0.39 is 6.10 Å². The largest absolute Gasteiger partial charge is 0.389 e. The topological polar surface area (TPSA) is 43.8 Å². The second-order valence-electron chi connectivity index (χ2n) is 9.51. The minimum absolute atomic E-state index is 0.0325. The molecule has 182 valence electrons. The third-order valence-corrected chi connectivity index (χ3v) is 7.05. The smallest absolute Gasteiger partial charge is 0.321 e. The van der Waals surface area contributed by atoms with E-state index in [-0.39, 0.29) is 18.1 Å². The zero-order valence-electron chi connectivity index (χ0n) is 20.4. The molecule has 1 saturated heterocycles. The summed E-state index contributed by atoms with van der Waals surface area (Å²) in [5, 5.41) is 11.9. The molecular weight excluding hydrogens is 444 g/mol. The number of hydrogen-bond donors (Lipinski definition) is 1. The monoisotopic (exact) mass is 476 g/mol. The lowest BCUT2D eigenvalue weighted by atomic mass is 9.87. The van der Waals surface area contributed by atoms with Crippen LogP contribution in [0.25, 0.3) is 0 Å². The minimum atomic E-state index is -0.712. The second kappa shape index (κ2) is 11.2. The summed E-state index contributed by atoms with van der Waals surface area (Å²) in [5.41, 5.74) is 4.33. The fraction of sp³-hybridized carbons (Fsp3) is 0.219. The Balaban J connectivity index is 1.52. The van der Waals surface area contributed by atoms with Gasteiger partial charge in [0.2, 0.25) is 0 Å². The van der Waals surface area contributed by atoms with Crippen molar-refractivity contribution in [2.24, 2.45) is 0 Å². The number of aliphatic hydroxyl groups is 1. The highest BCUT2D eigenvalue weighted by atomic mass is 16.3. The maximum absolute atomic E-state index is 14.2. The van der Waals surface area contributed by atoms with Crippen LogP contribution in [0.5, 0.6) is 0 Å². The lowest BCUT2D eigenvalue weighted by molar-refractivity contribution is -0.0427. The first kappa shape index (κ1) is 23.8. The van der Waals surface area contributed by atoms with Gasteiger partial charge in [-0.05, 0) is 35.1 Å². The summed E-state index contributed by atoms with van der Waals surface area (Å²) in [6.45, 7) is 0.912. The first-order valence-corrected chi connectivity index (χ1v) is 12.6. The molecule has 0 saturated carbocycles. The Morgan fingerprint density at radius 1 is 0.500 bits per heavy atom. The quantitative estimate of drug-likeness (QED) is 0.354. The molecular formula is C32H32N2O2. The third-order valence-electron chi connectivity index (χ3n) is 7.05. The van der Waals surface area contributed by atoms with E-state index in [9.17, 15) is 9.90 Å². The standard InChI is InChI=1S/C32H32N2O2/c35-31-29(21-25-13-5-1-6-14-25)33(23-27-17-9-3-10-18-27)32(36)34(24-28-19-11-4-12-20-28)30(31)22-26-15-7-2-8-16-26/h1-20,29-31,35H,21-24H2/t29-,30-/m0/s1. The summed E-state index contributed by atoms with van der Waals surface area (Å²) in [6.07, 6.45) is 0.492. The zero-order valence-corrected chi connectivity index (χ0v) is 20.4. The number of nitrogens with zero attached hydrogens (tertiary/aromatic N) is 2. The van der Waals surface area contributed by atoms with E-state index in [0.29, 0.717) is 25.9 Å². The van der Waals surface area contributed by atoms with Gasteiger partial charge >= 0.3 is 6.03 Å². The van der Waals surface area contributed by atoms with Crippen LogP contribution in [0.3, 0.4) is 0 Å². The molecule has 4 aromatic carbocycles. The van der Waals surface area contributed by atoms with Gasteiger partial charge in [0.15, 0.2) is 0 Å². The van der Waals surface area contributed by atoms with Crippen molar-refractivity contribution in [3.05, 3.63) is 144 Å². The average Bonchev–Trinajstić information content (AvgIpc) is 2.93. The molecule has 2 atom stereocenters. The molecule has 0 bridgehead atoms. The SMILES string of the molecule is O=C1N(Cc2ccccc2)[C@@H](Cc2ccccc2)C(O)[C@H](Cc2ccccc2)N1Cc1ccccc1. The number of rotatable bonds is 8. The molecule has 0 spiro atoms. The minimum Gasteiger partial charge on any atom is -0.389 e. The van der Waals surface area contributed by atoms with Crippen molar-refractivity contribution < 1.29 is 9.90 Å². The van der Waals surface area contributed by atoms with Gasteiger partial charge in [-0.15, -0.1) is 0 Å². The van der Waals surface area contributed by atoms with Crippen molar-refractivity contribution in [1.29, 1.82) is 0 Å². The number of amides is 2. The van der Waals surface area contributed by atoms with Crippen molar-refractivity contribution in [3.8, 4) is 0 Å². The molecule has 2 amide bonds. The van der Waals surface area contributed by atoms with Crippen LogP contribution < -0.4 is 0 Å². The van der Waals surface area contributed by atoms with Gasteiger partial charge in [0.05, 0.1) is 18.2 Å². The predicted molar refractivity (Wildman–Crippen MR) is 143 cm³/mol. The molecule has 1 N–H and O–H groups in total. The Morgan fingerprint density at radius 2 is 0.806 bits per heavy atom. The van der Waals surface area contributed by atoms with Crippen LogP contribution in [0.4, 0.5) is 4.79 Å². The molecule has 1 heterocycles. The molecule has 0 aliphatic carbocycles. The Bertz CT molecular complexity index is 1140. The highest BCUT2D eigenvalue weighted by molar-refractivity contribution is 5.77. The Labute approximate surface area is 213 Å². The Hall–Kier alpha value is -3.89. The van der Waals surface area contributed by atoms with Crippen LogP contribution in [-0.4, -0.2) is 39.1 Å². The van der Waals surface area contributed by atoms with Crippen molar-refractivity contribution in [2.75, 3.05) is 0 Å². The number of urea groups is 1. The van der Waals surface area contributed by atoms with E-state index in [1.807, 2.05) is 107 Å². The Kier molecular flexibility index (Phi) is 7.44. The summed E-state index contributed by atoms with van der Waals surface area (Å²) >= 11 is 0. The van der Waals surface area contributed by atoms with Crippen LogP contribution >= 0.6 is 0 Å². The maximum Gasteiger partial charge on any atom is 0.321 e. The van der Waals surface area contributed by atoms with E-state index in [2.05, 4.69) is 24.3 Å². The molecule has 0 unspecified atom stereocenters. The summed E-state index contributed by atoms with van der Waals surface area (Å²) in [5.74, 6) is 0. The summed E-state index contributed by atoms with van der Waals surface area (Å²) in [4.78, 5) is 18.0. The molecule has 0 radical (unpaired) electrons. The van der Waals surface area contributed by atoms with Crippen LogP contribution in [0, 0.1) is 0 Å². The zero-order chi connectivity index (χ0) is 24.7. The van der Waals surface area contributed by atoms with Gasteiger partial charge < -0.3 is 14.9 Å². The Morgan fingerprint density at radius 3 is 1.14 bits per heavy atom. The van der Waals surface area contributed by atoms with Gasteiger partial charge in [-0.25, -0.2) is 4.79 Å². The number of carbonyl (C=O) groups is 1. The lowest BCUT2D eigenvalue weighted by Gasteiger charge is -2.49. The van der Waals surface area contributed by atoms with E-state index in [0.717, 1.165) is 22.3 Å². The van der Waals surface area contributed by atoms with Crippen molar-refractivity contribution in [1.82, 2.24) is 9.80 Å². The number of carbonyl (C=O) groups excluding carboxylic acids is 1. The molecule has 0 aromatic heterocycles. The summed E-state index contributed by atoms with van der Waals surface area (Å²) in [6, 6.07) is 39.7. The van der Waals surface area contributed by atoms with Gasteiger partial charge in [0.1, 0.15) is 0 Å².